The molecule has 2 heterocycles. The van der Waals surface area contributed by atoms with Crippen LogP contribution in [0.5, 0.6) is 0 Å². The van der Waals surface area contributed by atoms with Crippen LogP contribution in [0.2, 0.25) is 0 Å². The first-order chi connectivity index (χ1) is 12.0. The van der Waals surface area contributed by atoms with Gasteiger partial charge in [0.2, 0.25) is 0 Å². The fraction of sp³-hybridized carbons (Fsp3) is 0.556. The maximum absolute atomic E-state index is 12.6. The Kier molecular flexibility index (Phi) is 4.50. The number of carbonyl (C=O) groups is 1. The Balaban J connectivity index is 2.03. The number of benzene rings is 1. The molecule has 1 aromatic heterocycles. The Morgan fingerprint density at radius 3 is 2.58 bits per heavy atom. The van der Waals surface area contributed by atoms with Crippen molar-refractivity contribution in [3.63, 3.8) is 0 Å². The van der Waals surface area contributed by atoms with Gasteiger partial charge in [-0.25, -0.2) is 18.2 Å². The maximum atomic E-state index is 12.6. The number of sulfone groups is 1. The highest BCUT2D eigenvalue weighted by Gasteiger charge is 2.35. The summed E-state index contributed by atoms with van der Waals surface area (Å²) in [7, 11) is -3.29. The van der Waals surface area contributed by atoms with E-state index in [9.17, 15) is 13.2 Å². The summed E-state index contributed by atoms with van der Waals surface area (Å²) in [6, 6.07) is 4.76. The third kappa shape index (κ3) is 3.42. The highest BCUT2D eigenvalue weighted by atomic mass is 32.2. The molecule has 0 spiro atoms. The van der Waals surface area contributed by atoms with Gasteiger partial charge in [0.05, 0.1) is 22.0 Å². The molecule has 2 aromatic rings. The molecule has 1 atom stereocenters. The van der Waals surface area contributed by atoms with E-state index in [0.29, 0.717) is 19.5 Å². The summed E-state index contributed by atoms with van der Waals surface area (Å²) < 4.78 is 31.3. The highest BCUT2D eigenvalue weighted by molar-refractivity contribution is 7.90. The van der Waals surface area contributed by atoms with E-state index in [1.54, 1.807) is 23.1 Å². The minimum absolute atomic E-state index is 0.201. The number of amides is 1. The lowest BCUT2D eigenvalue weighted by atomic mass is 10.1. The van der Waals surface area contributed by atoms with Gasteiger partial charge in [-0.3, -0.25) is 4.90 Å². The zero-order valence-corrected chi connectivity index (χ0v) is 16.6. The standard InChI is InChI=1S/C18H25N3O4S/c1-6-14-16-19-13-8-7-12(26(5,23)24)11-15(13)20(16)9-10-21(14)17(22)25-18(2,3)4/h7-8,11,14H,6,9-10H2,1-5H3. The lowest BCUT2D eigenvalue weighted by Gasteiger charge is -2.36. The van der Waals surface area contributed by atoms with Crippen LogP contribution in [-0.2, 0) is 21.1 Å². The molecule has 0 N–H and O–H groups in total. The number of hydrogen-bond acceptors (Lipinski definition) is 5. The molecule has 1 aromatic carbocycles. The van der Waals surface area contributed by atoms with Gasteiger partial charge in [0.25, 0.3) is 0 Å². The molecule has 0 saturated carbocycles. The summed E-state index contributed by atoms with van der Waals surface area (Å²) in [5.41, 5.74) is 0.958. The molecule has 0 fully saturated rings. The molecule has 0 radical (unpaired) electrons. The summed E-state index contributed by atoms with van der Waals surface area (Å²) in [6.45, 7) is 8.58. The third-order valence-electron chi connectivity index (χ3n) is 4.43. The van der Waals surface area contributed by atoms with Gasteiger partial charge in [0.1, 0.15) is 11.4 Å². The van der Waals surface area contributed by atoms with Crippen LogP contribution in [0.15, 0.2) is 23.1 Å². The first-order valence-corrected chi connectivity index (χ1v) is 10.6. The van der Waals surface area contributed by atoms with Crippen LogP contribution >= 0.6 is 0 Å². The topological polar surface area (TPSA) is 81.5 Å². The molecular weight excluding hydrogens is 354 g/mol. The summed E-state index contributed by atoms with van der Waals surface area (Å²) in [5.74, 6) is 0.769. The number of carbonyl (C=O) groups excluding carboxylic acids is 1. The van der Waals surface area contributed by atoms with Crippen molar-refractivity contribution in [3.05, 3.63) is 24.0 Å². The average molecular weight is 379 g/mol. The largest absolute Gasteiger partial charge is 0.444 e. The lowest BCUT2D eigenvalue weighted by Crippen LogP contribution is -2.44. The number of aromatic nitrogens is 2. The van der Waals surface area contributed by atoms with Crippen LogP contribution < -0.4 is 0 Å². The smallest absolute Gasteiger partial charge is 0.410 e. The van der Waals surface area contributed by atoms with Crippen molar-refractivity contribution in [2.75, 3.05) is 12.8 Å². The predicted octanol–water partition coefficient (Wildman–Crippen LogP) is 3.14. The molecular formula is C18H25N3O4S. The second-order valence-electron chi connectivity index (χ2n) is 7.64. The van der Waals surface area contributed by atoms with E-state index in [1.165, 1.54) is 6.26 Å². The van der Waals surface area contributed by atoms with E-state index in [1.807, 2.05) is 32.3 Å². The molecule has 0 bridgehead atoms. The van der Waals surface area contributed by atoms with Crippen LogP contribution in [0.3, 0.4) is 0 Å². The van der Waals surface area contributed by atoms with Crippen molar-refractivity contribution in [3.8, 4) is 0 Å². The highest BCUT2D eigenvalue weighted by Crippen LogP contribution is 2.33. The minimum atomic E-state index is -3.29. The number of imidazole rings is 1. The monoisotopic (exact) mass is 379 g/mol. The molecule has 8 heteroatoms. The van der Waals surface area contributed by atoms with Gasteiger partial charge in [-0.05, 0) is 45.4 Å². The molecule has 0 aliphatic carbocycles. The zero-order valence-electron chi connectivity index (χ0n) is 15.8. The Hall–Kier alpha value is -2.09. The van der Waals surface area contributed by atoms with Gasteiger partial charge in [-0.15, -0.1) is 0 Å². The first kappa shape index (κ1) is 18.7. The van der Waals surface area contributed by atoms with Gasteiger partial charge in [0, 0.05) is 19.3 Å². The number of rotatable bonds is 2. The van der Waals surface area contributed by atoms with Gasteiger partial charge >= 0.3 is 6.09 Å². The van der Waals surface area contributed by atoms with Crippen molar-refractivity contribution in [1.29, 1.82) is 0 Å². The molecule has 1 aliphatic heterocycles. The minimum Gasteiger partial charge on any atom is -0.444 e. The van der Waals surface area contributed by atoms with Gasteiger partial charge in [0.15, 0.2) is 9.84 Å². The summed E-state index contributed by atoms with van der Waals surface area (Å²) in [6.07, 6.45) is 1.54. The van der Waals surface area contributed by atoms with E-state index < -0.39 is 15.4 Å². The average Bonchev–Trinajstić information content (AvgIpc) is 2.89. The molecule has 1 aliphatic rings. The van der Waals surface area contributed by atoms with E-state index in [0.717, 1.165) is 16.9 Å². The molecule has 0 saturated heterocycles. The molecule has 1 amide bonds. The second kappa shape index (κ2) is 6.26. The number of nitrogens with zero attached hydrogens (tertiary/aromatic N) is 3. The first-order valence-electron chi connectivity index (χ1n) is 8.71. The van der Waals surface area contributed by atoms with Crippen molar-refractivity contribution in [2.45, 2.75) is 57.2 Å². The van der Waals surface area contributed by atoms with Crippen LogP contribution in [0.1, 0.15) is 46.0 Å². The number of ether oxygens (including phenoxy) is 1. The predicted molar refractivity (Wildman–Crippen MR) is 98.8 cm³/mol. The molecule has 142 valence electrons. The molecule has 1 unspecified atom stereocenters. The van der Waals surface area contributed by atoms with E-state index >= 15 is 0 Å². The number of fused-ring (bicyclic) bond motifs is 3. The quantitative estimate of drug-likeness (QED) is 0.801. The fourth-order valence-corrected chi connectivity index (χ4v) is 3.93. The lowest BCUT2D eigenvalue weighted by molar-refractivity contribution is 0.00966. The van der Waals surface area contributed by atoms with Crippen molar-refractivity contribution in [2.24, 2.45) is 0 Å². The van der Waals surface area contributed by atoms with Crippen LogP contribution in [-0.4, -0.2) is 47.4 Å². The summed E-state index contributed by atoms with van der Waals surface area (Å²) >= 11 is 0. The van der Waals surface area contributed by atoms with E-state index in [2.05, 4.69) is 4.98 Å². The maximum Gasteiger partial charge on any atom is 0.410 e. The second-order valence-corrected chi connectivity index (χ2v) is 9.66. The van der Waals surface area contributed by atoms with Crippen molar-refractivity contribution < 1.29 is 17.9 Å². The number of hydrogen-bond donors (Lipinski definition) is 0. The Morgan fingerprint density at radius 2 is 2.00 bits per heavy atom. The Bertz CT molecular complexity index is 957. The fourth-order valence-electron chi connectivity index (χ4n) is 3.29. The summed E-state index contributed by atoms with van der Waals surface area (Å²) in [5, 5.41) is 0. The molecule has 3 rings (SSSR count). The van der Waals surface area contributed by atoms with E-state index in [4.69, 9.17) is 4.74 Å². The zero-order chi connectivity index (χ0) is 19.3. The molecule has 26 heavy (non-hydrogen) atoms. The van der Waals surface area contributed by atoms with Gasteiger partial charge in [-0.2, -0.15) is 0 Å². The van der Waals surface area contributed by atoms with Crippen LogP contribution in [0.4, 0.5) is 4.79 Å². The van der Waals surface area contributed by atoms with Crippen LogP contribution in [0.25, 0.3) is 11.0 Å². The van der Waals surface area contributed by atoms with Crippen molar-refractivity contribution >= 4 is 27.0 Å². The summed E-state index contributed by atoms with van der Waals surface area (Å²) in [4.78, 5) is 19.2. The van der Waals surface area contributed by atoms with Crippen molar-refractivity contribution in [1.82, 2.24) is 14.5 Å². The normalized spacial score (nSPS) is 18.0. The Morgan fingerprint density at radius 1 is 1.31 bits per heavy atom. The third-order valence-corrected chi connectivity index (χ3v) is 5.54. The SMILES string of the molecule is CCC1c2nc3ccc(S(C)(=O)=O)cc3n2CCN1C(=O)OC(C)(C)C. The Labute approximate surface area is 153 Å². The van der Waals surface area contributed by atoms with E-state index in [-0.39, 0.29) is 17.0 Å². The van der Waals surface area contributed by atoms with Gasteiger partial charge in [-0.1, -0.05) is 6.92 Å². The molecule has 7 nitrogen and oxygen atoms in total. The van der Waals surface area contributed by atoms with Gasteiger partial charge < -0.3 is 9.30 Å². The van der Waals surface area contributed by atoms with Crippen LogP contribution in [0, 0.1) is 0 Å².